The maximum Gasteiger partial charge on any atom is 0.351 e. The van der Waals surface area contributed by atoms with E-state index in [4.69, 9.17) is 19.2 Å². The first-order chi connectivity index (χ1) is 18.9. The van der Waals surface area contributed by atoms with Gasteiger partial charge in [-0.1, -0.05) is 36.4 Å². The molecule has 2 aromatic carbocycles. The van der Waals surface area contributed by atoms with Crippen LogP contribution in [0.5, 0.6) is 5.75 Å². The highest BCUT2D eigenvalue weighted by Crippen LogP contribution is 2.45. The van der Waals surface area contributed by atoms with Crippen molar-refractivity contribution in [3.8, 4) is 5.75 Å². The highest BCUT2D eigenvalue weighted by Gasteiger charge is 2.42. The van der Waals surface area contributed by atoms with Crippen LogP contribution in [0.25, 0.3) is 0 Å². The number of amides is 1. The van der Waals surface area contributed by atoms with E-state index in [0.717, 1.165) is 5.56 Å². The third-order valence-corrected chi connectivity index (χ3v) is 6.41. The van der Waals surface area contributed by atoms with Crippen molar-refractivity contribution in [2.75, 3.05) is 32.9 Å². The molecule has 1 aromatic heterocycles. The lowest BCUT2D eigenvalue weighted by atomic mass is 9.76. The smallest absolute Gasteiger partial charge is 0.351 e. The number of hydrogen-bond acceptors (Lipinski definition) is 9. The molecule has 2 atom stereocenters. The maximum atomic E-state index is 13.2. The van der Waals surface area contributed by atoms with Gasteiger partial charge in [0.05, 0.1) is 26.9 Å². The Morgan fingerprint density at radius 3 is 2.54 bits per heavy atom. The number of rotatable bonds is 10. The monoisotopic (exact) mass is 533 g/mol. The Hall–Kier alpha value is -4.51. The fraction of sp³-hybridized carbons (Fsp3) is 0.321. The number of esters is 1. The normalized spacial score (nSPS) is 16.1. The van der Waals surface area contributed by atoms with Crippen molar-refractivity contribution in [1.82, 2.24) is 15.0 Å². The van der Waals surface area contributed by atoms with Crippen LogP contribution in [0.2, 0.25) is 0 Å². The summed E-state index contributed by atoms with van der Waals surface area (Å²) >= 11 is 0. The van der Waals surface area contributed by atoms with Crippen molar-refractivity contribution in [2.24, 2.45) is 10.9 Å². The van der Waals surface area contributed by atoms with Crippen LogP contribution in [-0.4, -0.2) is 54.6 Å². The number of hydrogen-bond donors (Lipinski definition) is 2. The van der Waals surface area contributed by atoms with Gasteiger partial charge in [0.1, 0.15) is 17.5 Å². The number of nitrogens with zero attached hydrogens (tertiary/aromatic N) is 3. The van der Waals surface area contributed by atoms with Crippen LogP contribution >= 0.6 is 0 Å². The first-order valence-electron chi connectivity index (χ1n) is 12.5. The van der Waals surface area contributed by atoms with Gasteiger partial charge in [0.2, 0.25) is 0 Å². The molecular formula is C28H31N5O6. The van der Waals surface area contributed by atoms with E-state index in [1.165, 1.54) is 18.8 Å². The van der Waals surface area contributed by atoms with E-state index in [1.54, 1.807) is 38.1 Å². The SMILES string of the molecule is CCOC(=O)C1C(C)=Nc2c(c(NNC(=O)c3cccc(OC)c3)nc(=O)n2CCOC)C1c1ccccc1. The number of hydrazine groups is 1. The molecule has 2 heterocycles. The number of carbonyl (C=O) groups is 2. The zero-order valence-corrected chi connectivity index (χ0v) is 22.3. The third kappa shape index (κ3) is 5.83. The van der Waals surface area contributed by atoms with Gasteiger partial charge in [0, 0.05) is 29.9 Å². The first kappa shape index (κ1) is 27.5. The predicted octanol–water partition coefficient (Wildman–Crippen LogP) is 3.07. The molecule has 0 saturated heterocycles. The summed E-state index contributed by atoms with van der Waals surface area (Å²) in [5, 5.41) is 0. The number of carbonyl (C=O) groups excluding carboxylic acids is 2. The van der Waals surface area contributed by atoms with Crippen molar-refractivity contribution in [3.05, 3.63) is 81.8 Å². The van der Waals surface area contributed by atoms with Crippen molar-refractivity contribution in [1.29, 1.82) is 0 Å². The topological polar surface area (TPSA) is 133 Å². The molecule has 2 unspecified atom stereocenters. The Bertz CT molecular complexity index is 1440. The average molecular weight is 534 g/mol. The fourth-order valence-corrected chi connectivity index (χ4v) is 4.60. The molecule has 3 aromatic rings. The molecule has 39 heavy (non-hydrogen) atoms. The molecule has 4 rings (SSSR count). The van der Waals surface area contributed by atoms with Gasteiger partial charge < -0.3 is 14.2 Å². The molecule has 0 aliphatic carbocycles. The van der Waals surface area contributed by atoms with E-state index in [0.29, 0.717) is 28.4 Å². The highest BCUT2D eigenvalue weighted by molar-refractivity contribution is 6.05. The molecule has 0 saturated carbocycles. The largest absolute Gasteiger partial charge is 0.497 e. The Balaban J connectivity index is 1.86. The van der Waals surface area contributed by atoms with E-state index in [1.807, 2.05) is 30.3 Å². The predicted molar refractivity (Wildman–Crippen MR) is 146 cm³/mol. The lowest BCUT2D eigenvalue weighted by Crippen LogP contribution is -2.39. The maximum absolute atomic E-state index is 13.2. The molecule has 2 N–H and O–H groups in total. The Morgan fingerprint density at radius 1 is 1.08 bits per heavy atom. The van der Waals surface area contributed by atoms with Gasteiger partial charge in [-0.2, -0.15) is 4.98 Å². The van der Waals surface area contributed by atoms with Gasteiger partial charge in [-0.25, -0.2) is 9.79 Å². The number of methoxy groups -OCH3 is 2. The standard InChI is InChI=1S/C28H31N5O6/c1-5-39-27(35)21-17(2)29-25-23(22(21)18-10-7-6-8-11-18)24(30-28(36)33(25)14-15-37-3)31-32-26(34)19-12-9-13-20(16-19)38-4/h6-13,16,21-22H,5,14-15H2,1-4H3,(H,32,34)(H,30,31,36). The van der Waals surface area contributed by atoms with Crippen molar-refractivity contribution in [3.63, 3.8) is 0 Å². The summed E-state index contributed by atoms with van der Waals surface area (Å²) in [4.78, 5) is 48.3. The molecule has 0 spiro atoms. The molecule has 0 radical (unpaired) electrons. The summed E-state index contributed by atoms with van der Waals surface area (Å²) in [5.41, 5.74) is 6.96. The highest BCUT2D eigenvalue weighted by atomic mass is 16.5. The van der Waals surface area contributed by atoms with Crippen LogP contribution in [0.1, 0.15) is 41.3 Å². The summed E-state index contributed by atoms with van der Waals surface area (Å²) in [6.07, 6.45) is 0. The lowest BCUT2D eigenvalue weighted by molar-refractivity contribution is -0.146. The van der Waals surface area contributed by atoms with Crippen molar-refractivity contribution in [2.45, 2.75) is 26.3 Å². The number of aromatic nitrogens is 2. The number of ether oxygens (including phenoxy) is 3. The van der Waals surface area contributed by atoms with E-state index in [-0.39, 0.29) is 25.6 Å². The van der Waals surface area contributed by atoms with Crippen LogP contribution in [0, 0.1) is 5.92 Å². The zero-order valence-electron chi connectivity index (χ0n) is 22.3. The number of aliphatic imine (C=N–C) groups is 1. The van der Waals surface area contributed by atoms with Crippen LogP contribution in [0.4, 0.5) is 11.6 Å². The summed E-state index contributed by atoms with van der Waals surface area (Å²) in [6.45, 7) is 4.13. The molecule has 1 aliphatic heterocycles. The van der Waals surface area contributed by atoms with Gasteiger partial charge in [-0.05, 0) is 37.6 Å². The Labute approximate surface area is 225 Å². The molecule has 11 heteroatoms. The fourth-order valence-electron chi connectivity index (χ4n) is 4.60. The molecule has 1 aliphatic rings. The summed E-state index contributed by atoms with van der Waals surface area (Å²) in [7, 11) is 3.04. The second kappa shape index (κ2) is 12.4. The number of fused-ring (bicyclic) bond motifs is 1. The number of nitrogens with one attached hydrogen (secondary N) is 2. The van der Waals surface area contributed by atoms with Crippen LogP contribution in [0.15, 0.2) is 64.4 Å². The minimum atomic E-state index is -0.773. The lowest BCUT2D eigenvalue weighted by Gasteiger charge is -2.33. The first-order valence-corrected chi connectivity index (χ1v) is 12.5. The minimum Gasteiger partial charge on any atom is -0.497 e. The molecule has 204 valence electrons. The Kier molecular flexibility index (Phi) is 8.72. The van der Waals surface area contributed by atoms with Crippen molar-refractivity contribution < 1.29 is 23.8 Å². The summed E-state index contributed by atoms with van der Waals surface area (Å²) in [6, 6.07) is 16.0. The second-order valence-electron chi connectivity index (χ2n) is 8.81. The molecule has 0 fully saturated rings. The van der Waals surface area contributed by atoms with Gasteiger partial charge in [-0.15, -0.1) is 0 Å². The van der Waals surface area contributed by atoms with Gasteiger partial charge in [0.15, 0.2) is 5.82 Å². The molecule has 1 amide bonds. The van der Waals surface area contributed by atoms with Gasteiger partial charge >= 0.3 is 11.7 Å². The van der Waals surface area contributed by atoms with Crippen LogP contribution in [-0.2, 0) is 20.8 Å². The average Bonchev–Trinajstić information content (AvgIpc) is 2.95. The quantitative estimate of drug-likeness (QED) is 0.300. The second-order valence-corrected chi connectivity index (χ2v) is 8.81. The van der Waals surface area contributed by atoms with E-state index in [2.05, 4.69) is 15.8 Å². The minimum absolute atomic E-state index is 0.0827. The van der Waals surface area contributed by atoms with Crippen LogP contribution in [0.3, 0.4) is 0 Å². The molecule has 11 nitrogen and oxygen atoms in total. The molecule has 0 bridgehead atoms. The van der Waals surface area contributed by atoms with E-state index in [9.17, 15) is 14.4 Å². The van der Waals surface area contributed by atoms with E-state index < -0.39 is 29.4 Å². The zero-order chi connectivity index (χ0) is 27.9. The van der Waals surface area contributed by atoms with Crippen LogP contribution < -0.4 is 21.3 Å². The number of benzene rings is 2. The number of anilines is 1. The van der Waals surface area contributed by atoms with E-state index >= 15 is 0 Å². The third-order valence-electron chi connectivity index (χ3n) is 6.41. The summed E-state index contributed by atoms with van der Waals surface area (Å²) in [5.74, 6) is -1.36. The molecular weight excluding hydrogens is 502 g/mol. The van der Waals surface area contributed by atoms with Gasteiger partial charge in [-0.3, -0.25) is 25.0 Å². The van der Waals surface area contributed by atoms with Crippen molar-refractivity contribution >= 4 is 29.2 Å². The Morgan fingerprint density at radius 2 is 1.85 bits per heavy atom. The van der Waals surface area contributed by atoms with Gasteiger partial charge in [0.25, 0.3) is 5.91 Å². The summed E-state index contributed by atoms with van der Waals surface area (Å²) < 4.78 is 17.2.